The molecule has 0 aromatic carbocycles. The summed E-state index contributed by atoms with van der Waals surface area (Å²) in [7, 11) is 1.24. The van der Waals surface area contributed by atoms with Gasteiger partial charge in [-0.3, -0.25) is 19.3 Å². The third-order valence-electron chi connectivity index (χ3n) is 6.48. The van der Waals surface area contributed by atoms with Gasteiger partial charge in [-0.2, -0.15) is 0 Å². The number of oxime groups is 1. The first-order valence-corrected chi connectivity index (χ1v) is 15.2. The van der Waals surface area contributed by atoms with Crippen molar-refractivity contribution in [3.8, 4) is 0 Å². The van der Waals surface area contributed by atoms with Crippen molar-refractivity contribution in [2.24, 2.45) is 10.9 Å². The number of ether oxygens (including phenoxy) is 3. The number of esters is 1. The normalized spacial score (nSPS) is 22.0. The molecule has 15 nitrogen and oxygen atoms in total. The molecule has 3 aliphatic rings. The van der Waals surface area contributed by atoms with E-state index in [0.717, 1.165) is 43.4 Å². The summed E-state index contributed by atoms with van der Waals surface area (Å²) in [6.45, 7) is 2.89. The van der Waals surface area contributed by atoms with Crippen LogP contribution >= 0.6 is 23.1 Å². The van der Waals surface area contributed by atoms with Gasteiger partial charge in [-0.25, -0.2) is 14.6 Å². The van der Waals surface area contributed by atoms with E-state index in [-0.39, 0.29) is 28.3 Å². The Morgan fingerprint density at radius 3 is 2.60 bits per heavy atom. The lowest BCUT2D eigenvalue weighted by atomic mass is 9.98. The summed E-state index contributed by atoms with van der Waals surface area (Å²) in [6, 6.07) is -1.74. The summed E-state index contributed by atoms with van der Waals surface area (Å²) in [6.07, 6.45) is 3.71. The van der Waals surface area contributed by atoms with Gasteiger partial charge >= 0.3 is 12.1 Å². The molecule has 2 fully saturated rings. The van der Waals surface area contributed by atoms with Gasteiger partial charge in [0.25, 0.3) is 11.8 Å². The lowest BCUT2D eigenvalue weighted by Crippen LogP contribution is -2.70. The number of hydrogen-bond acceptors (Lipinski definition) is 14. The highest BCUT2D eigenvalue weighted by atomic mass is 32.2. The minimum atomic E-state index is -1.25. The molecule has 0 spiro atoms. The number of amides is 3. The fraction of sp³-hybridized carbons (Fsp3) is 0.560. The van der Waals surface area contributed by atoms with Gasteiger partial charge in [-0.1, -0.05) is 11.6 Å². The molecule has 1 aromatic rings. The van der Waals surface area contributed by atoms with E-state index < -0.39 is 53.6 Å². The number of rotatable bonds is 10. The van der Waals surface area contributed by atoms with Gasteiger partial charge in [0.2, 0.25) is 12.2 Å². The standard InChI is InChI=1S/C25H32N6O9S2/c1-12(26)19(32)29-24-27-15(11-42-24)17(30-37-3)20(33)28-18-21(34)31-16(9-10-41-22(18)31)23(35)38-13(2)39-25(36)40-14-7-5-4-6-8-14/h9,11-14,18,22H,4-8,10,26H2,1-3H3,(H,28,33)(H,27,29,32)/t12-,13?,18?,22+/m0/s1. The van der Waals surface area contributed by atoms with Crippen molar-refractivity contribution in [3.05, 3.63) is 22.8 Å². The van der Waals surface area contributed by atoms with Crippen LogP contribution in [-0.2, 0) is 38.2 Å². The van der Waals surface area contributed by atoms with E-state index in [0.29, 0.717) is 5.75 Å². The summed E-state index contributed by atoms with van der Waals surface area (Å²) < 4.78 is 15.6. The number of β-lactam (4-membered cyclic amide) rings is 1. The Morgan fingerprint density at radius 1 is 1.17 bits per heavy atom. The van der Waals surface area contributed by atoms with E-state index in [2.05, 4.69) is 20.8 Å². The van der Waals surface area contributed by atoms with Crippen LogP contribution < -0.4 is 16.4 Å². The maximum absolute atomic E-state index is 13.1. The number of carbonyl (C=O) groups excluding carboxylic acids is 5. The lowest BCUT2D eigenvalue weighted by Gasteiger charge is -2.48. The lowest BCUT2D eigenvalue weighted by molar-refractivity contribution is -0.169. The van der Waals surface area contributed by atoms with E-state index in [4.69, 9.17) is 24.8 Å². The average Bonchev–Trinajstić information content (AvgIpc) is 3.41. The Labute approximate surface area is 249 Å². The van der Waals surface area contributed by atoms with Crippen molar-refractivity contribution in [2.75, 3.05) is 18.2 Å². The largest absolute Gasteiger partial charge is 0.511 e. The molecule has 1 saturated heterocycles. The molecular weight excluding hydrogens is 592 g/mol. The monoisotopic (exact) mass is 624 g/mol. The Bertz CT molecular complexity index is 1280. The van der Waals surface area contributed by atoms with Crippen molar-refractivity contribution in [2.45, 2.75) is 75.8 Å². The Balaban J connectivity index is 1.33. The van der Waals surface area contributed by atoms with Crippen LogP contribution in [-0.4, -0.2) is 88.2 Å². The van der Waals surface area contributed by atoms with Crippen LogP contribution in [0.1, 0.15) is 51.6 Å². The first-order chi connectivity index (χ1) is 20.1. The Morgan fingerprint density at radius 2 is 1.90 bits per heavy atom. The predicted molar refractivity (Wildman–Crippen MR) is 151 cm³/mol. The summed E-state index contributed by atoms with van der Waals surface area (Å²) in [5.41, 5.74) is 5.42. The van der Waals surface area contributed by atoms with Gasteiger partial charge in [0.05, 0.1) is 6.04 Å². The molecule has 0 bridgehead atoms. The summed E-state index contributed by atoms with van der Waals surface area (Å²) in [4.78, 5) is 73.1. The quantitative estimate of drug-likeness (QED) is 0.111. The summed E-state index contributed by atoms with van der Waals surface area (Å²) >= 11 is 2.38. The van der Waals surface area contributed by atoms with Crippen molar-refractivity contribution in [1.82, 2.24) is 15.2 Å². The zero-order valence-corrected chi connectivity index (χ0v) is 24.8. The van der Waals surface area contributed by atoms with Crippen LogP contribution in [0.2, 0.25) is 0 Å². The van der Waals surface area contributed by atoms with E-state index in [9.17, 15) is 24.0 Å². The SMILES string of the molecule is CON=C(C(=O)NC1C(=O)N2C(C(=O)OC(C)OC(=O)OC3CCCCC3)=CCS[C@H]12)c1csc(NC(=O)[C@H](C)N)n1. The van der Waals surface area contributed by atoms with Gasteiger partial charge in [-0.05, 0) is 38.7 Å². The smallest absolute Gasteiger partial charge is 0.431 e. The van der Waals surface area contributed by atoms with Crippen molar-refractivity contribution in [3.63, 3.8) is 0 Å². The van der Waals surface area contributed by atoms with Crippen molar-refractivity contribution < 1.29 is 43.0 Å². The molecule has 17 heteroatoms. The number of fused-ring (bicyclic) bond motifs is 1. The van der Waals surface area contributed by atoms with E-state index >= 15 is 0 Å². The summed E-state index contributed by atoms with van der Waals surface area (Å²) in [5, 5.41) is 9.98. The number of hydrogen-bond donors (Lipinski definition) is 3. The molecule has 4 N–H and O–H groups in total. The van der Waals surface area contributed by atoms with Crippen molar-refractivity contribution in [1.29, 1.82) is 0 Å². The van der Waals surface area contributed by atoms with Gasteiger partial charge < -0.3 is 35.4 Å². The van der Waals surface area contributed by atoms with Crippen LogP contribution in [0.25, 0.3) is 0 Å². The molecule has 42 heavy (non-hydrogen) atoms. The third-order valence-corrected chi connectivity index (χ3v) is 8.42. The molecule has 3 amide bonds. The topological polar surface area (TPSA) is 201 Å². The van der Waals surface area contributed by atoms with Crippen LogP contribution in [0.4, 0.5) is 9.93 Å². The van der Waals surface area contributed by atoms with Crippen LogP contribution in [0.5, 0.6) is 0 Å². The molecule has 1 aromatic heterocycles. The van der Waals surface area contributed by atoms with Gasteiger partial charge in [0.15, 0.2) is 10.8 Å². The molecule has 228 valence electrons. The van der Waals surface area contributed by atoms with E-state index in [1.165, 1.54) is 49.1 Å². The number of thiazole rings is 1. The molecule has 4 rings (SSSR count). The number of anilines is 1. The predicted octanol–water partition coefficient (Wildman–Crippen LogP) is 1.44. The number of thioether (sulfide) groups is 1. The average molecular weight is 625 g/mol. The van der Waals surface area contributed by atoms with Crippen LogP contribution in [0.3, 0.4) is 0 Å². The second-order valence-electron chi connectivity index (χ2n) is 9.63. The zero-order chi connectivity index (χ0) is 30.4. The first-order valence-electron chi connectivity index (χ1n) is 13.3. The second-order valence-corrected chi connectivity index (χ2v) is 11.6. The molecule has 2 unspecified atom stereocenters. The molecule has 1 saturated carbocycles. The molecular formula is C25H32N6O9S2. The molecule has 1 aliphatic carbocycles. The molecule has 0 radical (unpaired) electrons. The molecule has 4 atom stereocenters. The number of nitrogens with two attached hydrogens (primary N) is 1. The number of carbonyl (C=O) groups is 5. The molecule has 2 aliphatic heterocycles. The zero-order valence-electron chi connectivity index (χ0n) is 23.2. The Kier molecular flexibility index (Phi) is 10.4. The van der Waals surface area contributed by atoms with Crippen LogP contribution in [0.15, 0.2) is 22.3 Å². The maximum atomic E-state index is 13.1. The van der Waals surface area contributed by atoms with Gasteiger partial charge in [-0.15, -0.1) is 23.1 Å². The third kappa shape index (κ3) is 7.38. The summed E-state index contributed by atoms with van der Waals surface area (Å²) in [5.74, 6) is -2.25. The van der Waals surface area contributed by atoms with Gasteiger partial charge in [0.1, 0.15) is 36.0 Å². The first kappa shape index (κ1) is 31.2. The fourth-order valence-electron chi connectivity index (χ4n) is 4.41. The number of nitrogens with one attached hydrogen (secondary N) is 2. The van der Waals surface area contributed by atoms with Gasteiger partial charge in [0, 0.05) is 18.1 Å². The number of nitrogens with zero attached hydrogens (tertiary/aromatic N) is 3. The fourth-order valence-corrected chi connectivity index (χ4v) is 6.30. The number of aromatic nitrogens is 1. The minimum Gasteiger partial charge on any atom is -0.431 e. The maximum Gasteiger partial charge on any atom is 0.511 e. The highest BCUT2D eigenvalue weighted by Crippen LogP contribution is 2.38. The second kappa shape index (κ2) is 14.0. The minimum absolute atomic E-state index is 0.0230. The van der Waals surface area contributed by atoms with E-state index in [1.807, 2.05) is 0 Å². The van der Waals surface area contributed by atoms with Crippen LogP contribution in [0, 0.1) is 0 Å². The molecule has 3 heterocycles. The highest BCUT2D eigenvalue weighted by molar-refractivity contribution is 8.00. The van der Waals surface area contributed by atoms with E-state index in [1.54, 1.807) is 0 Å². The highest BCUT2D eigenvalue weighted by Gasteiger charge is 2.53. The Hall–Kier alpha value is -3.70. The van der Waals surface area contributed by atoms with Crippen molar-refractivity contribution >= 4 is 63.8 Å².